The number of hydrogen-bond donors (Lipinski definition) is 1. The number of nitrogens with zero attached hydrogens (tertiary/aromatic N) is 2. The van der Waals surface area contributed by atoms with Crippen molar-refractivity contribution in [2.75, 3.05) is 6.54 Å². The molecule has 0 saturated heterocycles. The maximum atomic E-state index is 12.9. The van der Waals surface area contributed by atoms with Gasteiger partial charge in [0.2, 0.25) is 5.91 Å². The Hall–Kier alpha value is -1.90. The van der Waals surface area contributed by atoms with E-state index in [2.05, 4.69) is 16.9 Å². The van der Waals surface area contributed by atoms with Crippen LogP contribution in [0.1, 0.15) is 6.92 Å². The number of carbonyl (C=O) groups is 1. The summed E-state index contributed by atoms with van der Waals surface area (Å²) in [5, 5.41) is 7.55. The molecule has 1 N–H and O–H groups in total. The summed E-state index contributed by atoms with van der Waals surface area (Å²) in [6.07, 6.45) is 1.63. The van der Waals surface area contributed by atoms with Gasteiger partial charge < -0.3 is 5.32 Å². The fourth-order valence-corrected chi connectivity index (χ4v) is 5.00. The van der Waals surface area contributed by atoms with Gasteiger partial charge in [-0.1, -0.05) is 23.9 Å². The van der Waals surface area contributed by atoms with Gasteiger partial charge in [-0.15, -0.1) is 29.3 Å². The van der Waals surface area contributed by atoms with Crippen LogP contribution in [0.5, 0.6) is 0 Å². The minimum atomic E-state index is -0.354. The van der Waals surface area contributed by atoms with Crippen molar-refractivity contribution in [2.24, 2.45) is 7.05 Å². The van der Waals surface area contributed by atoms with Gasteiger partial charge in [0.1, 0.15) is 4.83 Å². The van der Waals surface area contributed by atoms with E-state index in [0.717, 1.165) is 10.4 Å². The molecule has 1 unspecified atom stereocenters. The van der Waals surface area contributed by atoms with Crippen LogP contribution in [-0.4, -0.2) is 27.3 Å². The second kappa shape index (κ2) is 7.55. The third-order valence-corrected chi connectivity index (χ3v) is 6.55. The molecule has 1 atom stereocenters. The predicted octanol–water partition coefficient (Wildman–Crippen LogP) is 3.51. The zero-order valence-electron chi connectivity index (χ0n) is 13.8. The number of rotatable bonds is 6. The van der Waals surface area contributed by atoms with Crippen LogP contribution >= 0.6 is 34.4 Å². The lowest BCUT2D eigenvalue weighted by molar-refractivity contribution is -0.120. The minimum absolute atomic E-state index is 0.0872. The van der Waals surface area contributed by atoms with Gasteiger partial charge in [-0.2, -0.15) is 0 Å². The van der Waals surface area contributed by atoms with Crippen LogP contribution in [0.4, 0.5) is 0 Å². The van der Waals surface area contributed by atoms with Crippen LogP contribution in [0.15, 0.2) is 45.5 Å². The fraction of sp³-hybridized carbons (Fsp3) is 0.235. The maximum absolute atomic E-state index is 12.9. The average Bonchev–Trinajstić information content (AvgIpc) is 3.26. The molecule has 25 heavy (non-hydrogen) atoms. The van der Waals surface area contributed by atoms with Crippen molar-refractivity contribution in [3.63, 3.8) is 0 Å². The second-order valence-corrected chi connectivity index (χ2v) is 8.47. The molecule has 3 heterocycles. The van der Waals surface area contributed by atoms with E-state index in [-0.39, 0.29) is 16.7 Å². The maximum Gasteiger partial charge on any atom is 0.263 e. The van der Waals surface area contributed by atoms with E-state index < -0.39 is 0 Å². The lowest BCUT2D eigenvalue weighted by atomic mass is 10.2. The topological polar surface area (TPSA) is 64.0 Å². The van der Waals surface area contributed by atoms with E-state index in [1.807, 2.05) is 22.9 Å². The van der Waals surface area contributed by atoms with Gasteiger partial charge in [-0.25, -0.2) is 4.98 Å². The summed E-state index contributed by atoms with van der Waals surface area (Å²) in [7, 11) is 1.70. The highest BCUT2D eigenvalue weighted by molar-refractivity contribution is 8.00. The van der Waals surface area contributed by atoms with E-state index >= 15 is 0 Å². The van der Waals surface area contributed by atoms with Crippen molar-refractivity contribution in [1.82, 2.24) is 14.9 Å². The molecule has 0 aliphatic carbocycles. The standard InChI is InChI=1S/C17H17N3O2S3/c1-4-7-18-14(21)10(2)25-17-19-15-13(16(22)20(17)3)11(9-24-15)12-6-5-8-23-12/h4-6,8-10H,1,7H2,2-3H3,(H,18,21). The Morgan fingerprint density at radius 3 is 3.00 bits per heavy atom. The zero-order valence-corrected chi connectivity index (χ0v) is 16.3. The van der Waals surface area contributed by atoms with Crippen LogP contribution < -0.4 is 10.9 Å². The summed E-state index contributed by atoms with van der Waals surface area (Å²) in [5.74, 6) is -0.107. The molecule has 0 saturated carbocycles. The van der Waals surface area contributed by atoms with Gasteiger partial charge in [0.05, 0.1) is 10.6 Å². The Labute approximate surface area is 157 Å². The molecule has 0 aromatic carbocycles. The Kier molecular flexibility index (Phi) is 5.41. The first-order valence-electron chi connectivity index (χ1n) is 7.60. The Morgan fingerprint density at radius 2 is 2.32 bits per heavy atom. The van der Waals surface area contributed by atoms with Gasteiger partial charge in [-0.05, 0) is 18.4 Å². The smallest absolute Gasteiger partial charge is 0.263 e. The lowest BCUT2D eigenvalue weighted by Crippen LogP contribution is -2.31. The van der Waals surface area contributed by atoms with E-state index in [4.69, 9.17) is 0 Å². The van der Waals surface area contributed by atoms with Crippen molar-refractivity contribution in [3.8, 4) is 10.4 Å². The number of carbonyl (C=O) groups excluding carboxylic acids is 1. The summed E-state index contributed by atoms with van der Waals surface area (Å²) in [6, 6.07) is 3.97. The van der Waals surface area contributed by atoms with Crippen LogP contribution in [0.25, 0.3) is 20.7 Å². The highest BCUT2D eigenvalue weighted by Crippen LogP contribution is 2.34. The molecule has 0 aliphatic heterocycles. The average molecular weight is 392 g/mol. The normalized spacial score (nSPS) is 12.2. The van der Waals surface area contributed by atoms with Gasteiger partial charge in [0.15, 0.2) is 5.16 Å². The highest BCUT2D eigenvalue weighted by Gasteiger charge is 2.20. The third kappa shape index (κ3) is 3.56. The first-order valence-corrected chi connectivity index (χ1v) is 10.2. The van der Waals surface area contributed by atoms with Gasteiger partial charge in [0, 0.05) is 29.4 Å². The number of thioether (sulfide) groups is 1. The summed E-state index contributed by atoms with van der Waals surface area (Å²) in [6.45, 7) is 5.80. The Bertz CT molecular complexity index is 973. The number of thiophene rings is 2. The number of aromatic nitrogens is 2. The molecule has 3 aromatic heterocycles. The third-order valence-electron chi connectivity index (χ3n) is 3.63. The second-order valence-electron chi connectivity index (χ2n) is 5.36. The summed E-state index contributed by atoms with van der Waals surface area (Å²) >= 11 is 4.33. The Morgan fingerprint density at radius 1 is 1.52 bits per heavy atom. The predicted molar refractivity (Wildman–Crippen MR) is 107 cm³/mol. The SMILES string of the molecule is C=CCNC(=O)C(C)Sc1nc2scc(-c3cccs3)c2c(=O)n1C. The van der Waals surface area contributed by atoms with E-state index in [1.165, 1.54) is 27.7 Å². The van der Waals surface area contributed by atoms with E-state index in [1.54, 1.807) is 31.4 Å². The van der Waals surface area contributed by atoms with Crippen molar-refractivity contribution in [2.45, 2.75) is 17.3 Å². The molecule has 0 spiro atoms. The first-order chi connectivity index (χ1) is 12.0. The molecule has 3 aromatic rings. The van der Waals surface area contributed by atoms with Crippen LogP contribution in [0.2, 0.25) is 0 Å². The van der Waals surface area contributed by atoms with Gasteiger partial charge >= 0.3 is 0 Å². The molecule has 8 heteroatoms. The monoisotopic (exact) mass is 391 g/mol. The molecule has 0 aliphatic rings. The summed E-state index contributed by atoms with van der Waals surface area (Å²) in [5.41, 5.74) is 0.840. The van der Waals surface area contributed by atoms with Crippen molar-refractivity contribution in [3.05, 3.63) is 45.9 Å². The van der Waals surface area contributed by atoms with E-state index in [0.29, 0.717) is 21.9 Å². The van der Waals surface area contributed by atoms with Crippen LogP contribution in [0, 0.1) is 0 Å². The summed E-state index contributed by atoms with van der Waals surface area (Å²) in [4.78, 5) is 31.3. The number of hydrogen-bond acceptors (Lipinski definition) is 6. The van der Waals surface area contributed by atoms with Crippen molar-refractivity contribution >= 4 is 50.6 Å². The fourth-order valence-electron chi connectivity index (χ4n) is 2.30. The Balaban J connectivity index is 1.96. The zero-order chi connectivity index (χ0) is 18.0. The van der Waals surface area contributed by atoms with Crippen LogP contribution in [0.3, 0.4) is 0 Å². The van der Waals surface area contributed by atoms with Gasteiger partial charge in [-0.3, -0.25) is 14.2 Å². The molecule has 0 radical (unpaired) electrons. The largest absolute Gasteiger partial charge is 0.352 e. The molecular weight excluding hydrogens is 374 g/mol. The number of fused-ring (bicyclic) bond motifs is 1. The quantitative estimate of drug-likeness (QED) is 0.397. The molecule has 0 fully saturated rings. The molecule has 130 valence electrons. The summed E-state index contributed by atoms with van der Waals surface area (Å²) < 4.78 is 1.52. The van der Waals surface area contributed by atoms with Gasteiger partial charge in [0.25, 0.3) is 5.56 Å². The van der Waals surface area contributed by atoms with E-state index in [9.17, 15) is 9.59 Å². The van der Waals surface area contributed by atoms with Crippen LogP contribution in [-0.2, 0) is 11.8 Å². The first kappa shape index (κ1) is 17.9. The molecule has 0 bridgehead atoms. The lowest BCUT2D eigenvalue weighted by Gasteiger charge is -2.12. The van der Waals surface area contributed by atoms with Crippen molar-refractivity contribution < 1.29 is 4.79 Å². The number of amides is 1. The minimum Gasteiger partial charge on any atom is -0.352 e. The molecule has 1 amide bonds. The van der Waals surface area contributed by atoms with Crippen molar-refractivity contribution in [1.29, 1.82) is 0 Å². The highest BCUT2D eigenvalue weighted by atomic mass is 32.2. The molecule has 3 rings (SSSR count). The molecule has 5 nitrogen and oxygen atoms in total. The number of nitrogens with one attached hydrogen (secondary N) is 1. The molecular formula is C17H17N3O2S3.